The van der Waals surface area contributed by atoms with Crippen molar-refractivity contribution in [3.63, 3.8) is 0 Å². The fraction of sp³-hybridized carbons (Fsp3) is 0.333. The minimum atomic E-state index is -0.176. The van der Waals surface area contributed by atoms with E-state index in [1.807, 2.05) is 48.5 Å². The lowest BCUT2D eigenvalue weighted by atomic mass is 9.93. The third-order valence-corrected chi connectivity index (χ3v) is 4.36. The number of allylic oxidation sites excluding steroid dienone is 2. The highest BCUT2D eigenvalue weighted by molar-refractivity contribution is 6.28. The summed E-state index contributed by atoms with van der Waals surface area (Å²) in [5.74, 6) is 0.0194. The predicted molar refractivity (Wildman–Crippen MR) is 116 cm³/mol. The molecular formula is C24H29N3O. The number of rotatable bonds is 7. The van der Waals surface area contributed by atoms with E-state index in [0.717, 1.165) is 29.1 Å². The largest absolute Gasteiger partial charge is 0.383 e. The van der Waals surface area contributed by atoms with Crippen molar-refractivity contribution >= 4 is 11.5 Å². The molecule has 146 valence electrons. The summed E-state index contributed by atoms with van der Waals surface area (Å²) in [6.07, 6.45) is 0.730. The lowest BCUT2D eigenvalue weighted by Gasteiger charge is -2.27. The maximum atomic E-state index is 12.9. The Morgan fingerprint density at radius 3 is 2.14 bits per heavy atom. The van der Waals surface area contributed by atoms with Gasteiger partial charge in [-0.3, -0.25) is 15.1 Å². The van der Waals surface area contributed by atoms with Crippen LogP contribution in [0, 0.1) is 0 Å². The van der Waals surface area contributed by atoms with Crippen LogP contribution < -0.4 is 10.6 Å². The van der Waals surface area contributed by atoms with Crippen LogP contribution >= 0.6 is 0 Å². The van der Waals surface area contributed by atoms with Crippen LogP contribution in [0.2, 0.25) is 0 Å². The maximum Gasteiger partial charge on any atom is 0.163 e. The van der Waals surface area contributed by atoms with Gasteiger partial charge >= 0.3 is 0 Å². The highest BCUT2D eigenvalue weighted by atomic mass is 16.1. The lowest BCUT2D eigenvalue weighted by molar-refractivity contribution is -0.113. The van der Waals surface area contributed by atoms with Gasteiger partial charge in [0.2, 0.25) is 0 Å². The Labute approximate surface area is 167 Å². The normalized spacial score (nSPS) is 17.7. The van der Waals surface area contributed by atoms with E-state index in [1.54, 1.807) is 6.92 Å². The zero-order valence-electron chi connectivity index (χ0n) is 17.1. The van der Waals surface area contributed by atoms with Gasteiger partial charge in [-0.15, -0.1) is 0 Å². The van der Waals surface area contributed by atoms with Crippen molar-refractivity contribution in [1.29, 1.82) is 0 Å². The topological polar surface area (TPSA) is 63.4 Å². The van der Waals surface area contributed by atoms with Crippen molar-refractivity contribution in [2.24, 2.45) is 4.99 Å². The molecule has 4 nitrogen and oxygen atoms in total. The third-order valence-electron chi connectivity index (χ3n) is 4.36. The van der Waals surface area contributed by atoms with E-state index in [-0.39, 0.29) is 17.5 Å². The molecule has 1 heterocycles. The number of carbonyl (C=O) groups is 1. The van der Waals surface area contributed by atoms with Crippen LogP contribution in [0.5, 0.6) is 0 Å². The molecule has 28 heavy (non-hydrogen) atoms. The summed E-state index contributed by atoms with van der Waals surface area (Å²) in [4.78, 5) is 17.7. The van der Waals surface area contributed by atoms with Crippen LogP contribution in [-0.4, -0.2) is 29.7 Å². The number of ketones is 1. The summed E-state index contributed by atoms with van der Waals surface area (Å²) in [5.41, 5.74) is 4.27. The first-order valence-corrected chi connectivity index (χ1v) is 9.76. The second kappa shape index (κ2) is 8.53. The molecule has 0 amide bonds. The first-order chi connectivity index (χ1) is 13.3. The standard InChI is InChI=1S/C24H29N3O/c1-17(28)22(23(26-21-16-25-21)19-13-9-6-10-14-19)20(27-24(2,3)4)15-18-11-7-5-8-12-18/h5-14,21,25,27H,15-16H2,1-4H3/b22-20-,26-23?. The number of carbonyl (C=O) groups excluding carboxylic acids is 1. The number of aliphatic imine (C=N–C) groups is 1. The van der Waals surface area contributed by atoms with Crippen LogP contribution in [0.4, 0.5) is 0 Å². The SMILES string of the molecule is CC(=O)/C(C(=NC1CN1)c1ccccc1)=C(\Cc1ccccc1)NC(C)(C)C. The van der Waals surface area contributed by atoms with Gasteiger partial charge < -0.3 is 5.32 Å². The van der Waals surface area contributed by atoms with Crippen molar-refractivity contribution in [3.8, 4) is 0 Å². The van der Waals surface area contributed by atoms with Gasteiger partial charge in [0.1, 0.15) is 6.17 Å². The lowest BCUT2D eigenvalue weighted by Crippen LogP contribution is -2.38. The molecule has 0 bridgehead atoms. The average molecular weight is 376 g/mol. The van der Waals surface area contributed by atoms with E-state index in [0.29, 0.717) is 12.0 Å². The molecule has 1 unspecified atom stereocenters. The van der Waals surface area contributed by atoms with E-state index in [9.17, 15) is 4.79 Å². The molecule has 3 rings (SSSR count). The van der Waals surface area contributed by atoms with Crippen molar-refractivity contribution in [2.45, 2.75) is 45.8 Å². The summed E-state index contributed by atoms with van der Waals surface area (Å²) in [5, 5.41) is 6.81. The minimum Gasteiger partial charge on any atom is -0.383 e. The van der Waals surface area contributed by atoms with Gasteiger partial charge in [-0.05, 0) is 33.3 Å². The highest BCUT2D eigenvalue weighted by Crippen LogP contribution is 2.21. The zero-order chi connectivity index (χ0) is 20.1. The van der Waals surface area contributed by atoms with Gasteiger partial charge in [-0.25, -0.2) is 0 Å². The van der Waals surface area contributed by atoms with Crippen molar-refractivity contribution in [2.75, 3.05) is 6.54 Å². The molecule has 0 aliphatic carbocycles. The van der Waals surface area contributed by atoms with Crippen LogP contribution in [0.25, 0.3) is 0 Å². The second-order valence-corrected chi connectivity index (χ2v) is 8.21. The number of hydrogen-bond acceptors (Lipinski definition) is 4. The number of Topliss-reactive ketones (excluding diaryl/α,β-unsaturated/α-hetero) is 1. The molecule has 0 saturated carbocycles. The molecule has 0 spiro atoms. The van der Waals surface area contributed by atoms with Gasteiger partial charge in [0.25, 0.3) is 0 Å². The Morgan fingerprint density at radius 1 is 1.07 bits per heavy atom. The molecule has 1 saturated heterocycles. The molecule has 0 aromatic heterocycles. The van der Waals surface area contributed by atoms with Crippen molar-refractivity contribution in [1.82, 2.24) is 10.6 Å². The first-order valence-electron chi connectivity index (χ1n) is 9.76. The zero-order valence-corrected chi connectivity index (χ0v) is 17.1. The fourth-order valence-electron chi connectivity index (χ4n) is 3.15. The smallest absolute Gasteiger partial charge is 0.163 e. The van der Waals surface area contributed by atoms with E-state index in [2.05, 4.69) is 43.5 Å². The van der Waals surface area contributed by atoms with Gasteiger partial charge in [-0.2, -0.15) is 0 Å². The average Bonchev–Trinajstić information content (AvgIpc) is 3.45. The summed E-state index contributed by atoms with van der Waals surface area (Å²) in [6.45, 7) is 8.80. The summed E-state index contributed by atoms with van der Waals surface area (Å²) in [7, 11) is 0. The Bertz CT molecular complexity index is 873. The number of nitrogens with zero attached hydrogens (tertiary/aromatic N) is 1. The Balaban J connectivity index is 2.15. The summed E-state index contributed by atoms with van der Waals surface area (Å²) >= 11 is 0. The van der Waals surface area contributed by atoms with E-state index < -0.39 is 0 Å². The molecule has 4 heteroatoms. The first kappa shape index (κ1) is 20.0. The third kappa shape index (κ3) is 5.64. The van der Waals surface area contributed by atoms with E-state index >= 15 is 0 Å². The van der Waals surface area contributed by atoms with E-state index in [4.69, 9.17) is 4.99 Å². The Kier molecular flexibility index (Phi) is 6.10. The van der Waals surface area contributed by atoms with Gasteiger partial charge in [0.05, 0.1) is 11.3 Å². The molecule has 2 aromatic carbocycles. The number of hydrogen-bond donors (Lipinski definition) is 2. The van der Waals surface area contributed by atoms with Crippen molar-refractivity contribution < 1.29 is 4.79 Å². The van der Waals surface area contributed by atoms with Crippen molar-refractivity contribution in [3.05, 3.63) is 83.1 Å². The van der Waals surface area contributed by atoms with Crippen LogP contribution in [0.15, 0.2) is 76.9 Å². The van der Waals surface area contributed by atoms with Crippen LogP contribution in [-0.2, 0) is 11.2 Å². The fourth-order valence-corrected chi connectivity index (χ4v) is 3.15. The quantitative estimate of drug-likeness (QED) is 0.439. The molecule has 2 N–H and O–H groups in total. The molecular weight excluding hydrogens is 346 g/mol. The number of benzene rings is 2. The Morgan fingerprint density at radius 2 is 1.64 bits per heavy atom. The molecule has 2 aromatic rings. The van der Waals surface area contributed by atoms with Crippen LogP contribution in [0.1, 0.15) is 38.8 Å². The molecule has 0 radical (unpaired) electrons. The molecule has 1 aliphatic heterocycles. The van der Waals surface area contributed by atoms with Gasteiger partial charge in [0.15, 0.2) is 5.78 Å². The van der Waals surface area contributed by atoms with Gasteiger partial charge in [-0.1, -0.05) is 60.7 Å². The molecule has 1 atom stereocenters. The van der Waals surface area contributed by atoms with Crippen LogP contribution in [0.3, 0.4) is 0 Å². The summed E-state index contributed by atoms with van der Waals surface area (Å²) < 4.78 is 0. The monoisotopic (exact) mass is 375 g/mol. The summed E-state index contributed by atoms with van der Waals surface area (Å²) in [6, 6.07) is 20.2. The second-order valence-electron chi connectivity index (χ2n) is 8.21. The highest BCUT2D eigenvalue weighted by Gasteiger charge is 2.26. The predicted octanol–water partition coefficient (Wildman–Crippen LogP) is 3.88. The van der Waals surface area contributed by atoms with E-state index in [1.165, 1.54) is 0 Å². The van der Waals surface area contributed by atoms with Gasteiger partial charge in [0, 0.05) is 29.8 Å². The Hall–Kier alpha value is -2.72. The minimum absolute atomic E-state index is 0.0194. The molecule has 1 aliphatic rings. The maximum absolute atomic E-state index is 12.9. The molecule has 1 fully saturated rings. The number of nitrogens with one attached hydrogen (secondary N) is 2.